The van der Waals surface area contributed by atoms with Crippen molar-refractivity contribution >= 4 is 29.1 Å². The Labute approximate surface area is 104 Å². The molecule has 2 unspecified atom stereocenters. The summed E-state index contributed by atoms with van der Waals surface area (Å²) in [6.07, 6.45) is 1.15. The van der Waals surface area contributed by atoms with Crippen molar-refractivity contribution in [3.05, 3.63) is 33.8 Å². The number of hydrogen-bond donors (Lipinski definition) is 2. The van der Waals surface area contributed by atoms with Crippen molar-refractivity contribution in [1.82, 2.24) is 5.32 Å². The summed E-state index contributed by atoms with van der Waals surface area (Å²) in [5.74, 6) is 0.0118. The second kappa shape index (κ2) is 4.62. The second-order valence-electron chi connectivity index (χ2n) is 3.91. The summed E-state index contributed by atoms with van der Waals surface area (Å²) in [4.78, 5) is 11.3. The minimum atomic E-state index is -0.217. The first-order valence-corrected chi connectivity index (χ1v) is 5.83. The van der Waals surface area contributed by atoms with E-state index in [-0.39, 0.29) is 18.0 Å². The highest BCUT2D eigenvalue weighted by atomic mass is 35.5. The molecular formula is C11H12Cl2N2O. The van der Waals surface area contributed by atoms with E-state index in [4.69, 9.17) is 28.9 Å². The molecule has 1 fully saturated rings. The smallest absolute Gasteiger partial charge is 0.220 e. The van der Waals surface area contributed by atoms with E-state index in [1.807, 2.05) is 0 Å². The van der Waals surface area contributed by atoms with Gasteiger partial charge >= 0.3 is 0 Å². The van der Waals surface area contributed by atoms with Gasteiger partial charge in [0.1, 0.15) is 0 Å². The highest BCUT2D eigenvalue weighted by molar-refractivity contribution is 6.35. The Hall–Kier alpha value is -0.770. The third kappa shape index (κ3) is 2.32. The largest absolute Gasteiger partial charge is 0.348 e. The molecule has 1 amide bonds. The standard InChI is InChI=1S/C11H12Cl2N2O/c12-6-1-2-7(8(13)5-6)11-9(14)3-4-10(16)15-11/h1-2,5,9,11H,3-4,14H2,(H,15,16). The Morgan fingerprint density at radius 1 is 1.38 bits per heavy atom. The molecule has 0 aliphatic carbocycles. The van der Waals surface area contributed by atoms with E-state index in [0.717, 1.165) is 5.56 Å². The summed E-state index contributed by atoms with van der Waals surface area (Å²) in [5.41, 5.74) is 6.80. The van der Waals surface area contributed by atoms with Gasteiger partial charge in [0, 0.05) is 22.5 Å². The average molecular weight is 259 g/mol. The number of piperidine rings is 1. The van der Waals surface area contributed by atoms with Crippen LogP contribution in [0.4, 0.5) is 0 Å². The number of carbonyl (C=O) groups is 1. The fourth-order valence-corrected chi connectivity index (χ4v) is 2.41. The third-order valence-corrected chi connectivity index (χ3v) is 3.31. The molecule has 0 aromatic heterocycles. The molecule has 0 spiro atoms. The lowest BCUT2D eigenvalue weighted by Gasteiger charge is -2.30. The van der Waals surface area contributed by atoms with Gasteiger partial charge in [-0.1, -0.05) is 29.3 Å². The van der Waals surface area contributed by atoms with Crippen molar-refractivity contribution in [2.24, 2.45) is 5.73 Å². The number of rotatable bonds is 1. The molecule has 0 bridgehead atoms. The highest BCUT2D eigenvalue weighted by Gasteiger charge is 2.28. The van der Waals surface area contributed by atoms with E-state index in [9.17, 15) is 4.79 Å². The topological polar surface area (TPSA) is 55.1 Å². The lowest BCUT2D eigenvalue weighted by molar-refractivity contribution is -0.123. The first-order valence-electron chi connectivity index (χ1n) is 5.08. The highest BCUT2D eigenvalue weighted by Crippen LogP contribution is 2.30. The van der Waals surface area contributed by atoms with E-state index in [1.54, 1.807) is 18.2 Å². The zero-order chi connectivity index (χ0) is 11.7. The lowest BCUT2D eigenvalue weighted by Crippen LogP contribution is -2.45. The number of benzene rings is 1. The van der Waals surface area contributed by atoms with Gasteiger partial charge in [0.25, 0.3) is 0 Å². The van der Waals surface area contributed by atoms with Gasteiger partial charge in [0.15, 0.2) is 0 Å². The van der Waals surface area contributed by atoms with Crippen molar-refractivity contribution in [2.45, 2.75) is 24.9 Å². The van der Waals surface area contributed by atoms with Gasteiger partial charge in [-0.15, -0.1) is 0 Å². The van der Waals surface area contributed by atoms with E-state index in [1.165, 1.54) is 0 Å². The minimum Gasteiger partial charge on any atom is -0.348 e. The van der Waals surface area contributed by atoms with E-state index in [2.05, 4.69) is 5.32 Å². The van der Waals surface area contributed by atoms with Crippen molar-refractivity contribution in [3.8, 4) is 0 Å². The molecule has 3 nitrogen and oxygen atoms in total. The molecule has 1 aromatic carbocycles. The zero-order valence-corrected chi connectivity index (χ0v) is 10.1. The summed E-state index contributed by atoms with van der Waals surface area (Å²) < 4.78 is 0. The van der Waals surface area contributed by atoms with Crippen LogP contribution >= 0.6 is 23.2 Å². The minimum absolute atomic E-state index is 0.0118. The Bertz CT molecular complexity index is 422. The maximum absolute atomic E-state index is 11.3. The van der Waals surface area contributed by atoms with Crippen molar-refractivity contribution in [2.75, 3.05) is 0 Å². The fraction of sp³-hybridized carbons (Fsp3) is 0.364. The van der Waals surface area contributed by atoms with Crippen LogP contribution in [0.3, 0.4) is 0 Å². The van der Waals surface area contributed by atoms with Crippen LogP contribution in [0.1, 0.15) is 24.4 Å². The molecule has 2 rings (SSSR count). The van der Waals surface area contributed by atoms with Crippen LogP contribution < -0.4 is 11.1 Å². The summed E-state index contributed by atoms with van der Waals surface area (Å²) in [6.45, 7) is 0. The van der Waals surface area contributed by atoms with Gasteiger partial charge in [0.05, 0.1) is 6.04 Å². The normalized spacial score (nSPS) is 25.3. The molecule has 1 heterocycles. The summed E-state index contributed by atoms with van der Waals surface area (Å²) in [6, 6.07) is 4.89. The molecule has 1 aliphatic heterocycles. The quantitative estimate of drug-likeness (QED) is 0.812. The number of nitrogens with two attached hydrogens (primary N) is 1. The Morgan fingerprint density at radius 2 is 2.12 bits per heavy atom. The van der Waals surface area contributed by atoms with Gasteiger partial charge in [0.2, 0.25) is 5.91 Å². The third-order valence-electron chi connectivity index (χ3n) is 2.75. The first-order chi connectivity index (χ1) is 7.58. The molecule has 86 valence electrons. The molecule has 1 aliphatic rings. The molecule has 16 heavy (non-hydrogen) atoms. The maximum atomic E-state index is 11.3. The molecular weight excluding hydrogens is 247 g/mol. The predicted molar refractivity (Wildman–Crippen MR) is 64.6 cm³/mol. The van der Waals surface area contributed by atoms with E-state index < -0.39 is 0 Å². The molecule has 0 radical (unpaired) electrons. The fourth-order valence-electron chi connectivity index (χ4n) is 1.88. The second-order valence-corrected chi connectivity index (χ2v) is 4.76. The number of hydrogen-bond acceptors (Lipinski definition) is 2. The summed E-state index contributed by atoms with van der Waals surface area (Å²) >= 11 is 11.9. The van der Waals surface area contributed by atoms with Crippen molar-refractivity contribution in [3.63, 3.8) is 0 Å². The number of carbonyl (C=O) groups excluding carboxylic acids is 1. The summed E-state index contributed by atoms with van der Waals surface area (Å²) in [7, 11) is 0. The average Bonchev–Trinajstić information content (AvgIpc) is 2.22. The predicted octanol–water partition coefficient (Wildman–Crippen LogP) is 2.27. The number of nitrogens with one attached hydrogen (secondary N) is 1. The Morgan fingerprint density at radius 3 is 2.81 bits per heavy atom. The van der Waals surface area contributed by atoms with E-state index >= 15 is 0 Å². The summed E-state index contributed by atoms with van der Waals surface area (Å²) in [5, 5.41) is 3.96. The molecule has 1 aromatic rings. The van der Waals surface area contributed by atoms with Crippen LogP contribution in [0, 0.1) is 0 Å². The van der Waals surface area contributed by atoms with Crippen LogP contribution in [0.25, 0.3) is 0 Å². The first kappa shape index (κ1) is 11.7. The number of halogens is 2. The van der Waals surface area contributed by atoms with Gasteiger partial charge in [-0.3, -0.25) is 4.79 Å². The van der Waals surface area contributed by atoms with Crippen LogP contribution in [-0.4, -0.2) is 11.9 Å². The molecule has 2 atom stereocenters. The molecule has 5 heteroatoms. The maximum Gasteiger partial charge on any atom is 0.220 e. The van der Waals surface area contributed by atoms with Gasteiger partial charge in [-0.2, -0.15) is 0 Å². The van der Waals surface area contributed by atoms with Crippen LogP contribution in [-0.2, 0) is 4.79 Å². The van der Waals surface area contributed by atoms with Crippen LogP contribution in [0.15, 0.2) is 18.2 Å². The zero-order valence-electron chi connectivity index (χ0n) is 8.54. The van der Waals surface area contributed by atoms with Gasteiger partial charge in [-0.05, 0) is 24.1 Å². The molecule has 0 saturated carbocycles. The Kier molecular flexibility index (Phi) is 3.38. The molecule has 3 N–H and O–H groups in total. The lowest BCUT2D eigenvalue weighted by atomic mass is 9.93. The SMILES string of the molecule is NC1CCC(=O)NC1c1ccc(Cl)cc1Cl. The van der Waals surface area contributed by atoms with Crippen molar-refractivity contribution < 1.29 is 4.79 Å². The van der Waals surface area contributed by atoms with Crippen LogP contribution in [0.2, 0.25) is 10.0 Å². The Balaban J connectivity index is 2.31. The van der Waals surface area contributed by atoms with Crippen LogP contribution in [0.5, 0.6) is 0 Å². The monoisotopic (exact) mass is 258 g/mol. The number of amides is 1. The van der Waals surface area contributed by atoms with Crippen molar-refractivity contribution in [1.29, 1.82) is 0 Å². The van der Waals surface area contributed by atoms with Gasteiger partial charge < -0.3 is 11.1 Å². The van der Waals surface area contributed by atoms with E-state index in [0.29, 0.717) is 22.9 Å². The van der Waals surface area contributed by atoms with Gasteiger partial charge in [-0.25, -0.2) is 0 Å². The molecule has 1 saturated heterocycles.